The smallest absolute Gasteiger partial charge is 0.178 e. The van der Waals surface area contributed by atoms with Crippen molar-refractivity contribution in [2.45, 2.75) is 6.42 Å². The first-order valence-corrected chi connectivity index (χ1v) is 13.6. The number of rotatable bonds is 6. The molecule has 4 aromatic heterocycles. The van der Waals surface area contributed by atoms with Gasteiger partial charge in [-0.25, -0.2) is 37.1 Å². The fourth-order valence-electron chi connectivity index (χ4n) is 4.39. The zero-order chi connectivity index (χ0) is 26.4. The Kier molecular flexibility index (Phi) is 5.68. The van der Waals surface area contributed by atoms with Gasteiger partial charge in [-0.1, -0.05) is 6.07 Å². The quantitative estimate of drug-likeness (QED) is 0.324. The molecular formula is C26H19F2N7O2S. The average Bonchev–Trinajstić information content (AvgIpc) is 3.51. The molecule has 0 aliphatic heterocycles. The van der Waals surface area contributed by atoms with Crippen LogP contribution in [0, 0.1) is 11.6 Å². The van der Waals surface area contributed by atoms with Gasteiger partial charge < -0.3 is 4.98 Å². The Balaban J connectivity index is 1.46. The molecule has 0 radical (unpaired) electrons. The minimum absolute atomic E-state index is 0.0869. The van der Waals surface area contributed by atoms with Crippen molar-refractivity contribution in [1.82, 2.24) is 35.1 Å². The summed E-state index contributed by atoms with van der Waals surface area (Å²) in [6.45, 7) is 0. The van der Waals surface area contributed by atoms with Gasteiger partial charge in [-0.05, 0) is 53.4 Å². The molecule has 0 amide bonds. The van der Waals surface area contributed by atoms with E-state index in [0.29, 0.717) is 55.9 Å². The lowest BCUT2D eigenvalue weighted by atomic mass is 10.0. The van der Waals surface area contributed by atoms with Gasteiger partial charge in [-0.3, -0.25) is 5.10 Å². The van der Waals surface area contributed by atoms with Gasteiger partial charge in [-0.2, -0.15) is 5.10 Å². The topological polar surface area (TPSA) is 130 Å². The van der Waals surface area contributed by atoms with Crippen molar-refractivity contribution in [1.29, 1.82) is 0 Å². The van der Waals surface area contributed by atoms with E-state index in [0.717, 1.165) is 6.26 Å². The van der Waals surface area contributed by atoms with E-state index in [1.54, 1.807) is 36.8 Å². The monoisotopic (exact) mass is 531 g/mol. The number of hydrogen-bond acceptors (Lipinski definition) is 7. The molecule has 6 aromatic rings. The number of aryl methyl sites for hydroxylation is 1. The molecule has 9 nitrogen and oxygen atoms in total. The van der Waals surface area contributed by atoms with Crippen molar-refractivity contribution in [2.24, 2.45) is 0 Å². The first-order valence-electron chi connectivity index (χ1n) is 11.5. The highest BCUT2D eigenvalue weighted by Gasteiger charge is 2.19. The predicted octanol–water partition coefficient (Wildman–Crippen LogP) is 4.49. The van der Waals surface area contributed by atoms with Crippen LogP contribution in [0.3, 0.4) is 0 Å². The number of aromatic nitrogens is 7. The number of hydrogen-bond donors (Lipinski definition) is 2. The predicted molar refractivity (Wildman–Crippen MR) is 139 cm³/mol. The first-order chi connectivity index (χ1) is 18.2. The summed E-state index contributed by atoms with van der Waals surface area (Å²) in [5.41, 5.74) is 4.47. The van der Waals surface area contributed by atoms with Gasteiger partial charge in [0.05, 0.1) is 11.3 Å². The lowest BCUT2D eigenvalue weighted by Gasteiger charge is -2.07. The highest BCUT2D eigenvalue weighted by Crippen LogP contribution is 2.34. The van der Waals surface area contributed by atoms with Crippen LogP contribution < -0.4 is 0 Å². The van der Waals surface area contributed by atoms with E-state index in [2.05, 4.69) is 35.1 Å². The number of aromatic amines is 2. The van der Waals surface area contributed by atoms with Crippen LogP contribution >= 0.6 is 0 Å². The Hall–Kier alpha value is -4.58. The number of nitrogens with zero attached hydrogens (tertiary/aromatic N) is 5. The third-order valence-electron chi connectivity index (χ3n) is 6.17. The van der Waals surface area contributed by atoms with Gasteiger partial charge in [-0.15, -0.1) is 0 Å². The fraction of sp³-hybridized carbons (Fsp3) is 0.115. The second-order valence-electron chi connectivity index (χ2n) is 8.95. The summed E-state index contributed by atoms with van der Waals surface area (Å²) in [5, 5.41) is 7.49. The van der Waals surface area contributed by atoms with Gasteiger partial charge in [0, 0.05) is 41.4 Å². The highest BCUT2D eigenvalue weighted by atomic mass is 32.2. The van der Waals surface area contributed by atoms with Crippen LogP contribution in [0.2, 0.25) is 0 Å². The van der Waals surface area contributed by atoms with E-state index in [4.69, 9.17) is 0 Å². The highest BCUT2D eigenvalue weighted by molar-refractivity contribution is 7.90. The molecule has 0 fully saturated rings. The SMILES string of the molecule is CS(=O)(=O)CCc1cc(F)cc(-c2ccnc3nc(-c4[nH]nc5c(F)cc(-c6cncnc6)cc45)[nH]c23)c1. The summed E-state index contributed by atoms with van der Waals surface area (Å²) in [5.74, 6) is -0.712. The second kappa shape index (κ2) is 9.06. The molecule has 0 aliphatic carbocycles. The lowest BCUT2D eigenvalue weighted by Crippen LogP contribution is -2.06. The molecule has 0 aliphatic rings. The molecule has 38 heavy (non-hydrogen) atoms. The summed E-state index contributed by atoms with van der Waals surface area (Å²) < 4.78 is 52.6. The van der Waals surface area contributed by atoms with Gasteiger partial charge in [0.1, 0.15) is 33.2 Å². The van der Waals surface area contributed by atoms with Crippen LogP contribution in [0.5, 0.6) is 0 Å². The average molecular weight is 532 g/mol. The molecule has 0 spiro atoms. The molecule has 0 saturated carbocycles. The first kappa shape index (κ1) is 23.8. The summed E-state index contributed by atoms with van der Waals surface area (Å²) in [7, 11) is -3.20. The van der Waals surface area contributed by atoms with Crippen LogP contribution in [0.4, 0.5) is 8.78 Å². The van der Waals surface area contributed by atoms with E-state index < -0.39 is 21.5 Å². The van der Waals surface area contributed by atoms with Crippen LogP contribution in [0.15, 0.2) is 61.3 Å². The third kappa shape index (κ3) is 4.50. The molecule has 190 valence electrons. The number of H-pyrrole nitrogens is 2. The minimum atomic E-state index is -3.20. The van der Waals surface area contributed by atoms with Gasteiger partial charge >= 0.3 is 0 Å². The van der Waals surface area contributed by atoms with E-state index in [1.165, 1.54) is 24.5 Å². The molecule has 6 rings (SSSR count). The number of sulfone groups is 1. The molecule has 4 heterocycles. The lowest BCUT2D eigenvalue weighted by molar-refractivity contribution is 0.600. The zero-order valence-electron chi connectivity index (χ0n) is 19.9. The van der Waals surface area contributed by atoms with Crippen molar-refractivity contribution in [3.05, 3.63) is 78.5 Å². The molecule has 0 saturated heterocycles. The molecule has 2 N–H and O–H groups in total. The van der Waals surface area contributed by atoms with Gasteiger partial charge in [0.2, 0.25) is 0 Å². The van der Waals surface area contributed by atoms with E-state index >= 15 is 0 Å². The Bertz CT molecular complexity index is 1940. The van der Waals surface area contributed by atoms with Crippen LogP contribution in [0.1, 0.15) is 5.56 Å². The standard InChI is InChI=1S/C26H19F2N7O2S/c1-38(36,37)5-3-14-6-16(8-18(27)7-14)19-2-4-31-25-23(19)32-26(33-25)24-20-9-15(17-11-29-13-30-12-17)10-21(28)22(20)34-35-24/h2,4,6-13H,3,5H2,1H3,(H,34,35)(H,31,32,33). The molecule has 0 atom stereocenters. The molecule has 12 heteroatoms. The van der Waals surface area contributed by atoms with Crippen LogP contribution in [-0.2, 0) is 16.3 Å². The Morgan fingerprint density at radius 2 is 1.79 bits per heavy atom. The van der Waals surface area contributed by atoms with Crippen molar-refractivity contribution >= 4 is 31.9 Å². The normalized spacial score (nSPS) is 12.0. The minimum Gasteiger partial charge on any atom is -0.335 e. The fourth-order valence-corrected chi connectivity index (χ4v) is 5.00. The van der Waals surface area contributed by atoms with E-state index in [-0.39, 0.29) is 17.7 Å². The number of nitrogens with one attached hydrogen (secondary N) is 2. The summed E-state index contributed by atoms with van der Waals surface area (Å²) >= 11 is 0. The Morgan fingerprint density at radius 3 is 2.58 bits per heavy atom. The number of halogens is 2. The summed E-state index contributed by atoms with van der Waals surface area (Å²) in [4.78, 5) is 20.1. The molecule has 0 unspecified atom stereocenters. The maximum atomic E-state index is 14.9. The maximum absolute atomic E-state index is 14.9. The van der Waals surface area contributed by atoms with E-state index in [1.807, 2.05) is 0 Å². The zero-order valence-corrected chi connectivity index (χ0v) is 20.7. The Morgan fingerprint density at radius 1 is 0.974 bits per heavy atom. The number of benzene rings is 2. The Labute approximate surface area is 215 Å². The third-order valence-corrected chi connectivity index (χ3v) is 7.11. The second-order valence-corrected chi connectivity index (χ2v) is 11.2. The van der Waals surface area contributed by atoms with Crippen LogP contribution in [-0.4, -0.2) is 55.5 Å². The van der Waals surface area contributed by atoms with Crippen molar-refractivity contribution in [3.63, 3.8) is 0 Å². The van der Waals surface area contributed by atoms with Crippen molar-refractivity contribution in [2.75, 3.05) is 12.0 Å². The molecular weight excluding hydrogens is 512 g/mol. The van der Waals surface area contributed by atoms with Crippen LogP contribution in [0.25, 0.3) is 55.8 Å². The maximum Gasteiger partial charge on any atom is 0.178 e. The van der Waals surface area contributed by atoms with Crippen molar-refractivity contribution in [3.8, 4) is 33.8 Å². The number of imidazole rings is 1. The van der Waals surface area contributed by atoms with Gasteiger partial charge in [0.25, 0.3) is 0 Å². The van der Waals surface area contributed by atoms with E-state index in [9.17, 15) is 17.2 Å². The summed E-state index contributed by atoms with van der Waals surface area (Å²) in [6.07, 6.45) is 7.47. The summed E-state index contributed by atoms with van der Waals surface area (Å²) in [6, 6.07) is 9.31. The molecule has 2 aromatic carbocycles. The molecule has 0 bridgehead atoms. The number of pyridine rings is 1. The van der Waals surface area contributed by atoms with Crippen molar-refractivity contribution < 1.29 is 17.2 Å². The van der Waals surface area contributed by atoms with Gasteiger partial charge in [0.15, 0.2) is 17.3 Å². The largest absolute Gasteiger partial charge is 0.335 e. The number of fused-ring (bicyclic) bond motifs is 2.